The smallest absolute Gasteiger partial charge is 0.0155 e. The molecule has 9 aromatic carbocycles. The van der Waals surface area contributed by atoms with Crippen LogP contribution in [0.25, 0.3) is 86.9 Å². The van der Waals surface area contributed by atoms with E-state index in [4.69, 9.17) is 0 Å². The normalized spacial score (nSPS) is 17.2. The number of benzene rings is 9. The van der Waals surface area contributed by atoms with Gasteiger partial charge in [-0.3, -0.25) is 0 Å². The van der Waals surface area contributed by atoms with E-state index in [1.54, 1.807) is 5.57 Å². The average Bonchev–Trinajstić information content (AvgIpc) is 3.41. The SMILES string of the molecule is Cc1cc(C2=CC3=C(c4ccc(-c5cc(C)c6ccc7cc(C(C)(C)C)cc8ccc5c6c78)cc4C3(C)C)C(C)C2)c2ccc3cc(C(C)(C)C)cc4ccc1c2c43. The van der Waals surface area contributed by atoms with Crippen molar-refractivity contribution < 1.29 is 0 Å². The highest BCUT2D eigenvalue weighted by Crippen LogP contribution is 2.56. The molecule has 0 heterocycles. The van der Waals surface area contributed by atoms with E-state index in [0.29, 0.717) is 5.92 Å². The van der Waals surface area contributed by atoms with Crippen LogP contribution >= 0.6 is 0 Å². The third kappa shape index (κ3) is 4.87. The van der Waals surface area contributed by atoms with Gasteiger partial charge in [-0.2, -0.15) is 0 Å². The number of rotatable bonds is 2. The van der Waals surface area contributed by atoms with Crippen LogP contribution in [-0.4, -0.2) is 0 Å². The monoisotopic (exact) mass is 750 g/mol. The first-order chi connectivity index (χ1) is 27.5. The van der Waals surface area contributed by atoms with Gasteiger partial charge in [0.25, 0.3) is 0 Å². The number of hydrogen-bond acceptors (Lipinski definition) is 0. The second kappa shape index (κ2) is 11.6. The van der Waals surface area contributed by atoms with Crippen LogP contribution in [0.5, 0.6) is 0 Å². The van der Waals surface area contributed by atoms with Gasteiger partial charge in [0.2, 0.25) is 0 Å². The molecule has 0 amide bonds. The molecule has 11 rings (SSSR count). The summed E-state index contributed by atoms with van der Waals surface area (Å²) < 4.78 is 0. The predicted octanol–water partition coefficient (Wildman–Crippen LogP) is 16.5. The lowest BCUT2D eigenvalue weighted by Crippen LogP contribution is -2.18. The third-order valence-corrected chi connectivity index (χ3v) is 14.5. The highest BCUT2D eigenvalue weighted by molar-refractivity contribution is 6.27. The Labute approximate surface area is 344 Å². The lowest BCUT2D eigenvalue weighted by Gasteiger charge is -2.29. The number of hydrogen-bond donors (Lipinski definition) is 0. The highest BCUT2D eigenvalue weighted by Gasteiger charge is 2.41. The number of fused-ring (bicyclic) bond motifs is 2. The highest BCUT2D eigenvalue weighted by atomic mass is 14.4. The van der Waals surface area contributed by atoms with Crippen LogP contribution in [0.1, 0.15) is 108 Å². The maximum Gasteiger partial charge on any atom is 0.0155 e. The van der Waals surface area contributed by atoms with Crippen molar-refractivity contribution in [2.24, 2.45) is 5.92 Å². The van der Waals surface area contributed by atoms with Gasteiger partial charge < -0.3 is 0 Å². The summed E-state index contributed by atoms with van der Waals surface area (Å²) in [4.78, 5) is 0. The van der Waals surface area contributed by atoms with Crippen LogP contribution in [0.4, 0.5) is 0 Å². The van der Waals surface area contributed by atoms with Crippen molar-refractivity contribution in [1.82, 2.24) is 0 Å². The molecule has 0 aromatic heterocycles. The fourth-order valence-corrected chi connectivity index (χ4v) is 11.3. The molecule has 286 valence electrons. The first kappa shape index (κ1) is 35.7. The molecule has 0 saturated heterocycles. The van der Waals surface area contributed by atoms with Crippen molar-refractivity contribution in [1.29, 1.82) is 0 Å². The van der Waals surface area contributed by atoms with Crippen LogP contribution in [-0.2, 0) is 16.2 Å². The minimum absolute atomic E-state index is 0.0983. The molecule has 1 unspecified atom stereocenters. The summed E-state index contributed by atoms with van der Waals surface area (Å²) in [6.45, 7) is 25.9. The summed E-state index contributed by atoms with van der Waals surface area (Å²) in [6, 6.07) is 41.0. The Morgan fingerprint density at radius 3 is 1.47 bits per heavy atom. The Balaban J connectivity index is 1.05. The largest absolute Gasteiger partial charge is 0.0581 e. The Morgan fingerprint density at radius 1 is 0.500 bits per heavy atom. The molecule has 0 bridgehead atoms. The second-order valence-electron chi connectivity index (χ2n) is 20.8. The molecule has 2 aliphatic carbocycles. The number of allylic oxidation sites excluding steroid dienone is 4. The van der Waals surface area contributed by atoms with E-state index in [0.717, 1.165) is 6.42 Å². The summed E-state index contributed by atoms with van der Waals surface area (Å²) in [6.07, 6.45) is 3.64. The van der Waals surface area contributed by atoms with Gasteiger partial charge in [-0.25, -0.2) is 0 Å². The van der Waals surface area contributed by atoms with E-state index in [9.17, 15) is 0 Å². The maximum atomic E-state index is 2.60. The molecule has 2 aliphatic rings. The molecule has 0 fully saturated rings. The van der Waals surface area contributed by atoms with Gasteiger partial charge >= 0.3 is 0 Å². The number of aryl methyl sites for hydroxylation is 2. The predicted molar refractivity (Wildman–Crippen MR) is 254 cm³/mol. The topological polar surface area (TPSA) is 0 Å². The van der Waals surface area contributed by atoms with Crippen molar-refractivity contribution in [2.75, 3.05) is 0 Å². The molecule has 1 atom stereocenters. The zero-order chi connectivity index (χ0) is 40.4. The average molecular weight is 751 g/mol. The molecule has 0 radical (unpaired) electrons. The molecule has 0 aliphatic heterocycles. The zero-order valence-electron chi connectivity index (χ0n) is 36.2. The van der Waals surface area contributed by atoms with Crippen LogP contribution in [0.15, 0.2) is 115 Å². The van der Waals surface area contributed by atoms with Crippen LogP contribution in [0.2, 0.25) is 0 Å². The third-order valence-electron chi connectivity index (χ3n) is 14.5. The fourth-order valence-electron chi connectivity index (χ4n) is 11.3. The first-order valence-corrected chi connectivity index (χ1v) is 21.6. The molecule has 9 aromatic rings. The van der Waals surface area contributed by atoms with Crippen LogP contribution < -0.4 is 0 Å². The van der Waals surface area contributed by atoms with E-state index in [1.165, 1.54) is 126 Å². The van der Waals surface area contributed by atoms with Crippen molar-refractivity contribution >= 4 is 75.8 Å². The molecular weight excluding hydrogens is 697 g/mol. The molecule has 0 nitrogen and oxygen atoms in total. The van der Waals surface area contributed by atoms with E-state index in [1.807, 2.05) is 0 Å². The Hall–Kier alpha value is -5.46. The van der Waals surface area contributed by atoms with Gasteiger partial charge in [-0.1, -0.05) is 165 Å². The van der Waals surface area contributed by atoms with Gasteiger partial charge in [0, 0.05) is 5.41 Å². The second-order valence-corrected chi connectivity index (χ2v) is 20.8. The molecule has 0 N–H and O–H groups in total. The summed E-state index contributed by atoms with van der Waals surface area (Å²) in [5.74, 6) is 0.421. The van der Waals surface area contributed by atoms with Crippen molar-refractivity contribution in [3.05, 3.63) is 154 Å². The first-order valence-electron chi connectivity index (χ1n) is 21.6. The van der Waals surface area contributed by atoms with Gasteiger partial charge in [0.1, 0.15) is 0 Å². The van der Waals surface area contributed by atoms with Crippen LogP contribution in [0, 0.1) is 19.8 Å². The Morgan fingerprint density at radius 2 is 0.966 bits per heavy atom. The maximum absolute atomic E-state index is 2.60. The quantitative estimate of drug-likeness (QED) is 0.154. The Kier molecular flexibility index (Phi) is 7.14. The van der Waals surface area contributed by atoms with Crippen LogP contribution in [0.3, 0.4) is 0 Å². The van der Waals surface area contributed by atoms with Gasteiger partial charge in [-0.05, 0) is 175 Å². The minimum atomic E-state index is -0.120. The lowest BCUT2D eigenvalue weighted by atomic mass is 9.74. The molecule has 0 heteroatoms. The standard InChI is InChI=1S/C58H54/c1-31-23-47(44-19-15-37-27-40(56(4,5)6)25-35-13-17-42(31)54(44)52(35)37)34-12-21-46-49(29-34)58(10,11)50-30-39(22-33(3)51(46)50)48-24-32(2)43-18-14-36-26-41(57(7,8)9)28-38-16-20-45(48)55(43)53(36)38/h12-21,23-30,33H,22H2,1-11H3. The Bertz CT molecular complexity index is 3270. The summed E-state index contributed by atoms with van der Waals surface area (Å²) in [5, 5.41) is 16.5. The van der Waals surface area contributed by atoms with Crippen molar-refractivity contribution in [3.63, 3.8) is 0 Å². The van der Waals surface area contributed by atoms with E-state index in [-0.39, 0.29) is 16.2 Å². The summed E-state index contributed by atoms with van der Waals surface area (Å²) in [7, 11) is 0. The fraction of sp³-hybridized carbons (Fsp3) is 0.276. The van der Waals surface area contributed by atoms with E-state index >= 15 is 0 Å². The van der Waals surface area contributed by atoms with Gasteiger partial charge in [-0.15, -0.1) is 0 Å². The minimum Gasteiger partial charge on any atom is -0.0581 e. The summed E-state index contributed by atoms with van der Waals surface area (Å²) >= 11 is 0. The van der Waals surface area contributed by atoms with Crippen molar-refractivity contribution in [2.45, 2.75) is 98.8 Å². The molecular formula is C58H54. The lowest BCUT2D eigenvalue weighted by molar-refractivity contribution is 0.591. The van der Waals surface area contributed by atoms with E-state index in [2.05, 4.69) is 185 Å². The molecule has 0 saturated carbocycles. The summed E-state index contributed by atoms with van der Waals surface area (Å²) in [5.41, 5.74) is 17.0. The van der Waals surface area contributed by atoms with Gasteiger partial charge in [0.05, 0.1) is 0 Å². The van der Waals surface area contributed by atoms with E-state index < -0.39 is 0 Å². The van der Waals surface area contributed by atoms with Crippen molar-refractivity contribution in [3.8, 4) is 11.1 Å². The molecule has 0 spiro atoms. The molecule has 58 heavy (non-hydrogen) atoms. The van der Waals surface area contributed by atoms with Gasteiger partial charge in [0.15, 0.2) is 0 Å². The zero-order valence-corrected chi connectivity index (χ0v) is 36.2.